The van der Waals surface area contributed by atoms with Crippen molar-refractivity contribution in [3.63, 3.8) is 0 Å². The van der Waals surface area contributed by atoms with Gasteiger partial charge in [-0.25, -0.2) is 0 Å². The van der Waals surface area contributed by atoms with Crippen LogP contribution >= 0.6 is 0 Å². The molecule has 1 aromatic carbocycles. The van der Waals surface area contributed by atoms with Crippen LogP contribution in [-0.4, -0.2) is 47.7 Å². The summed E-state index contributed by atoms with van der Waals surface area (Å²) in [5, 5.41) is 9.56. The Hall–Kier alpha value is -1.39. The number of benzene rings is 1. The quantitative estimate of drug-likeness (QED) is 0.841. The van der Waals surface area contributed by atoms with Gasteiger partial charge in [0.1, 0.15) is 0 Å². The number of aliphatic hydroxyl groups is 1. The highest BCUT2D eigenvalue weighted by Gasteiger charge is 2.39. The Morgan fingerprint density at radius 3 is 2.56 bits per heavy atom. The molecule has 1 unspecified atom stereocenters. The highest BCUT2D eigenvalue weighted by Crippen LogP contribution is 2.26. The van der Waals surface area contributed by atoms with Crippen molar-refractivity contribution < 1.29 is 9.90 Å². The van der Waals surface area contributed by atoms with E-state index in [9.17, 15) is 9.90 Å². The van der Waals surface area contributed by atoms with Crippen LogP contribution < -0.4 is 4.90 Å². The van der Waals surface area contributed by atoms with Crippen LogP contribution in [0.5, 0.6) is 0 Å². The van der Waals surface area contributed by atoms with E-state index in [1.54, 1.807) is 0 Å². The van der Waals surface area contributed by atoms with Crippen LogP contribution in [0.1, 0.15) is 12.8 Å². The van der Waals surface area contributed by atoms with Crippen LogP contribution in [0.25, 0.3) is 0 Å². The van der Waals surface area contributed by atoms with E-state index < -0.39 is 0 Å². The summed E-state index contributed by atoms with van der Waals surface area (Å²) in [5.74, 6) is 0.176. The normalized spacial score (nSPS) is 29.2. The summed E-state index contributed by atoms with van der Waals surface area (Å²) in [7, 11) is 0. The Morgan fingerprint density at radius 1 is 1.11 bits per heavy atom. The largest absolute Gasteiger partial charge is 0.392 e. The van der Waals surface area contributed by atoms with Crippen molar-refractivity contribution in [3.8, 4) is 0 Å². The van der Waals surface area contributed by atoms with E-state index in [2.05, 4.69) is 4.90 Å². The molecule has 1 N–H and O–H groups in total. The number of carbonyl (C=O) groups is 1. The summed E-state index contributed by atoms with van der Waals surface area (Å²) in [4.78, 5) is 16.4. The summed E-state index contributed by atoms with van der Waals surface area (Å²) in [6.07, 6.45) is 1.39. The Kier molecular flexibility index (Phi) is 3.06. The fraction of sp³-hybridized carbons (Fsp3) is 0.500. The number of likely N-dealkylation sites (tertiary alicyclic amines) is 1. The number of para-hydroxylation sites is 1. The third-order valence-electron chi connectivity index (χ3n) is 3.88. The minimum atomic E-state index is -0.261. The zero-order valence-electron chi connectivity index (χ0n) is 10.3. The first-order valence-electron chi connectivity index (χ1n) is 6.54. The van der Waals surface area contributed by atoms with Crippen molar-refractivity contribution >= 4 is 11.6 Å². The zero-order chi connectivity index (χ0) is 12.5. The molecular weight excluding hydrogens is 228 g/mol. The molecule has 1 aromatic rings. The Balaban J connectivity index is 1.73. The van der Waals surface area contributed by atoms with E-state index in [0.29, 0.717) is 6.54 Å². The molecule has 4 nitrogen and oxygen atoms in total. The van der Waals surface area contributed by atoms with Gasteiger partial charge in [-0.2, -0.15) is 0 Å². The monoisotopic (exact) mass is 246 g/mol. The van der Waals surface area contributed by atoms with Gasteiger partial charge in [-0.05, 0) is 25.0 Å². The average Bonchev–Trinajstić information content (AvgIpc) is 2.97. The standard InChI is InChI=1S/C14H18N2O2/c17-12-6-8-15(10-12)13-7-9-16(14(13)18)11-4-2-1-3-5-11/h1-5,12-13,17H,6-10H2/t12-,13?/m0/s1. The van der Waals surface area contributed by atoms with Crippen LogP contribution in [-0.2, 0) is 4.79 Å². The van der Waals surface area contributed by atoms with E-state index in [4.69, 9.17) is 0 Å². The molecule has 1 amide bonds. The third kappa shape index (κ3) is 2.02. The van der Waals surface area contributed by atoms with Crippen LogP contribution in [0.15, 0.2) is 30.3 Å². The summed E-state index contributed by atoms with van der Waals surface area (Å²) in [5.41, 5.74) is 0.977. The molecule has 0 spiro atoms. The van der Waals surface area contributed by atoms with Gasteiger partial charge in [-0.3, -0.25) is 9.69 Å². The molecule has 0 bridgehead atoms. The van der Waals surface area contributed by atoms with Crippen LogP contribution in [0, 0.1) is 0 Å². The van der Waals surface area contributed by atoms with Crippen molar-refractivity contribution in [1.29, 1.82) is 0 Å². The second kappa shape index (κ2) is 4.71. The lowest BCUT2D eigenvalue weighted by Gasteiger charge is -2.22. The number of β-amino-alcohol motifs (C(OH)–C–C–N with tert-alkyl or cyclic N) is 1. The number of hydrogen-bond acceptors (Lipinski definition) is 3. The number of anilines is 1. The molecular formula is C14H18N2O2. The van der Waals surface area contributed by atoms with Gasteiger partial charge in [0.15, 0.2) is 0 Å². The van der Waals surface area contributed by atoms with Crippen molar-refractivity contribution in [1.82, 2.24) is 4.90 Å². The van der Waals surface area contributed by atoms with Gasteiger partial charge in [0, 0.05) is 25.3 Å². The molecule has 2 aliphatic rings. The van der Waals surface area contributed by atoms with Crippen molar-refractivity contribution in [2.45, 2.75) is 25.0 Å². The van der Waals surface area contributed by atoms with Crippen molar-refractivity contribution in [3.05, 3.63) is 30.3 Å². The lowest BCUT2D eigenvalue weighted by Crippen LogP contribution is -2.41. The Morgan fingerprint density at radius 2 is 1.89 bits per heavy atom. The van der Waals surface area contributed by atoms with Gasteiger partial charge in [0.05, 0.1) is 12.1 Å². The first-order valence-corrected chi connectivity index (χ1v) is 6.54. The number of nitrogens with zero attached hydrogens (tertiary/aromatic N) is 2. The first-order chi connectivity index (χ1) is 8.75. The molecule has 2 heterocycles. The fourth-order valence-electron chi connectivity index (χ4n) is 2.92. The van der Waals surface area contributed by atoms with Gasteiger partial charge < -0.3 is 10.0 Å². The topological polar surface area (TPSA) is 43.8 Å². The lowest BCUT2D eigenvalue weighted by molar-refractivity contribution is -0.121. The molecule has 18 heavy (non-hydrogen) atoms. The predicted octanol–water partition coefficient (Wildman–Crippen LogP) is 0.858. The van der Waals surface area contributed by atoms with E-state index >= 15 is 0 Å². The van der Waals surface area contributed by atoms with Crippen molar-refractivity contribution in [2.24, 2.45) is 0 Å². The predicted molar refractivity (Wildman–Crippen MR) is 69.4 cm³/mol. The zero-order valence-corrected chi connectivity index (χ0v) is 10.3. The minimum absolute atomic E-state index is 0.0395. The maximum atomic E-state index is 12.4. The van der Waals surface area contributed by atoms with E-state index in [-0.39, 0.29) is 18.1 Å². The van der Waals surface area contributed by atoms with Crippen LogP contribution in [0.4, 0.5) is 5.69 Å². The molecule has 96 valence electrons. The smallest absolute Gasteiger partial charge is 0.244 e. The van der Waals surface area contributed by atoms with Gasteiger partial charge in [0.25, 0.3) is 0 Å². The van der Waals surface area contributed by atoms with E-state index in [1.807, 2.05) is 35.2 Å². The highest BCUT2D eigenvalue weighted by atomic mass is 16.3. The van der Waals surface area contributed by atoms with Gasteiger partial charge in [-0.15, -0.1) is 0 Å². The number of carbonyl (C=O) groups excluding carboxylic acids is 1. The maximum absolute atomic E-state index is 12.4. The second-order valence-corrected chi connectivity index (χ2v) is 5.07. The van der Waals surface area contributed by atoms with Gasteiger partial charge >= 0.3 is 0 Å². The minimum Gasteiger partial charge on any atom is -0.392 e. The molecule has 0 aliphatic carbocycles. The summed E-state index contributed by atoms with van der Waals surface area (Å²) in [6.45, 7) is 2.25. The maximum Gasteiger partial charge on any atom is 0.244 e. The Labute approximate surface area is 107 Å². The third-order valence-corrected chi connectivity index (χ3v) is 3.88. The molecule has 2 fully saturated rings. The van der Waals surface area contributed by atoms with E-state index in [1.165, 1.54) is 0 Å². The summed E-state index contributed by atoms with van der Waals surface area (Å²) >= 11 is 0. The number of aliphatic hydroxyl groups excluding tert-OH is 1. The van der Waals surface area contributed by atoms with Gasteiger partial charge in [0.2, 0.25) is 5.91 Å². The second-order valence-electron chi connectivity index (χ2n) is 5.07. The molecule has 2 atom stereocenters. The van der Waals surface area contributed by atoms with Gasteiger partial charge in [-0.1, -0.05) is 18.2 Å². The molecule has 4 heteroatoms. The highest BCUT2D eigenvalue weighted by molar-refractivity contribution is 5.99. The number of amides is 1. The Bertz CT molecular complexity index is 435. The molecule has 0 aromatic heterocycles. The average molecular weight is 246 g/mol. The molecule has 0 saturated carbocycles. The SMILES string of the molecule is O=C1C(N2CC[C@H](O)C2)CCN1c1ccccc1. The summed E-state index contributed by atoms with van der Waals surface area (Å²) < 4.78 is 0. The summed E-state index contributed by atoms with van der Waals surface area (Å²) in [6, 6.07) is 9.77. The van der Waals surface area contributed by atoms with Crippen LogP contribution in [0.2, 0.25) is 0 Å². The molecule has 0 radical (unpaired) electrons. The lowest BCUT2D eigenvalue weighted by atomic mass is 10.2. The fourth-order valence-corrected chi connectivity index (χ4v) is 2.92. The molecule has 3 rings (SSSR count). The molecule has 2 saturated heterocycles. The molecule has 2 aliphatic heterocycles. The van der Waals surface area contributed by atoms with Crippen LogP contribution in [0.3, 0.4) is 0 Å². The van der Waals surface area contributed by atoms with Crippen molar-refractivity contribution in [2.75, 3.05) is 24.5 Å². The first kappa shape index (κ1) is 11.7. The number of rotatable bonds is 2. The number of hydrogen-bond donors (Lipinski definition) is 1. The van der Waals surface area contributed by atoms with E-state index in [0.717, 1.165) is 31.6 Å².